The molecule has 22 heavy (non-hydrogen) atoms. The van der Waals surface area contributed by atoms with Gasteiger partial charge in [-0.25, -0.2) is 9.78 Å². The summed E-state index contributed by atoms with van der Waals surface area (Å²) in [6, 6.07) is 0. The molecule has 2 aromatic heterocycles. The smallest absolute Gasteiger partial charge is 0.332 e. The first kappa shape index (κ1) is 16.4. The summed E-state index contributed by atoms with van der Waals surface area (Å²) in [5.74, 6) is 0. The summed E-state index contributed by atoms with van der Waals surface area (Å²) in [7, 11) is 1.60. The minimum Gasteiger partial charge on any atom is -0.394 e. The first-order valence-corrected chi connectivity index (χ1v) is 7.44. The average Bonchev–Trinajstić information content (AvgIpc) is 2.94. The molecule has 1 atom stereocenters. The highest BCUT2D eigenvalue weighted by Crippen LogP contribution is 2.09. The van der Waals surface area contributed by atoms with E-state index in [0.29, 0.717) is 30.7 Å². The van der Waals surface area contributed by atoms with Gasteiger partial charge in [0.25, 0.3) is 5.56 Å². The molecule has 0 aliphatic rings. The van der Waals surface area contributed by atoms with Crippen LogP contribution in [0.4, 0.5) is 0 Å². The molecular formula is C14H22N4O4. The fraction of sp³-hybridized carbons (Fsp3) is 0.643. The molecule has 8 heteroatoms. The lowest BCUT2D eigenvalue weighted by molar-refractivity contribution is 0.0859. The fourth-order valence-electron chi connectivity index (χ4n) is 2.52. The third-order valence-electron chi connectivity index (χ3n) is 3.82. The van der Waals surface area contributed by atoms with Crippen molar-refractivity contribution in [3.8, 4) is 0 Å². The second-order valence-corrected chi connectivity index (χ2v) is 5.33. The molecule has 0 aliphatic carbocycles. The van der Waals surface area contributed by atoms with E-state index in [1.165, 1.54) is 9.13 Å². The van der Waals surface area contributed by atoms with E-state index in [9.17, 15) is 14.7 Å². The van der Waals surface area contributed by atoms with Crippen molar-refractivity contribution in [1.29, 1.82) is 0 Å². The monoisotopic (exact) mass is 310 g/mol. The van der Waals surface area contributed by atoms with Crippen molar-refractivity contribution in [2.24, 2.45) is 7.05 Å². The van der Waals surface area contributed by atoms with Crippen molar-refractivity contribution in [1.82, 2.24) is 18.7 Å². The van der Waals surface area contributed by atoms with Crippen molar-refractivity contribution in [2.45, 2.75) is 45.4 Å². The van der Waals surface area contributed by atoms with Crippen molar-refractivity contribution < 1.29 is 10.2 Å². The molecule has 8 nitrogen and oxygen atoms in total. The quantitative estimate of drug-likeness (QED) is 0.667. The van der Waals surface area contributed by atoms with Gasteiger partial charge in [-0.05, 0) is 26.2 Å². The van der Waals surface area contributed by atoms with Crippen LogP contribution in [0.3, 0.4) is 0 Å². The lowest BCUT2D eigenvalue weighted by Crippen LogP contribution is -2.39. The maximum atomic E-state index is 12.4. The number of unbranched alkanes of at least 4 members (excludes halogenated alkanes) is 1. The summed E-state index contributed by atoms with van der Waals surface area (Å²) < 4.78 is 4.32. The summed E-state index contributed by atoms with van der Waals surface area (Å²) in [6.45, 7) is 2.41. The van der Waals surface area contributed by atoms with Crippen molar-refractivity contribution in [2.75, 3.05) is 6.61 Å². The summed E-state index contributed by atoms with van der Waals surface area (Å²) >= 11 is 0. The van der Waals surface area contributed by atoms with E-state index in [4.69, 9.17) is 5.11 Å². The number of rotatable bonds is 7. The molecule has 0 amide bonds. The molecule has 2 N–H and O–H groups in total. The van der Waals surface area contributed by atoms with Crippen LogP contribution < -0.4 is 11.2 Å². The molecule has 2 heterocycles. The van der Waals surface area contributed by atoms with Crippen LogP contribution in [0.25, 0.3) is 11.2 Å². The Balaban J connectivity index is 2.27. The Morgan fingerprint density at radius 3 is 2.68 bits per heavy atom. The van der Waals surface area contributed by atoms with E-state index in [0.717, 1.165) is 12.8 Å². The number of aromatic nitrogens is 4. The standard InChI is InChI=1S/C14H22N4O4/c1-3-18-13(21)11-12(16(2)14(18)22)15-9-17(11)7-5-4-6-10(20)8-19/h9-10,19-20H,3-8H2,1-2H3. The topological polar surface area (TPSA) is 102 Å². The Labute approximate surface area is 127 Å². The Morgan fingerprint density at radius 1 is 1.32 bits per heavy atom. The number of imidazole rings is 1. The minimum atomic E-state index is -0.697. The highest BCUT2D eigenvalue weighted by atomic mass is 16.3. The third-order valence-corrected chi connectivity index (χ3v) is 3.82. The minimum absolute atomic E-state index is 0.239. The zero-order valence-electron chi connectivity index (χ0n) is 12.9. The van der Waals surface area contributed by atoms with Gasteiger partial charge in [0.05, 0.1) is 19.0 Å². The normalized spacial score (nSPS) is 12.9. The van der Waals surface area contributed by atoms with Gasteiger partial charge in [0.2, 0.25) is 0 Å². The molecule has 0 bridgehead atoms. The van der Waals surface area contributed by atoms with Crippen LogP contribution in [0.15, 0.2) is 15.9 Å². The zero-order chi connectivity index (χ0) is 16.3. The Bertz CT molecular complexity index is 759. The highest BCUT2D eigenvalue weighted by molar-refractivity contribution is 5.69. The SMILES string of the molecule is CCn1c(=O)c2c(ncn2CCCCC(O)CO)n(C)c1=O. The number of fused-ring (bicyclic) bond motifs is 1. The first-order chi connectivity index (χ1) is 10.5. The van der Waals surface area contributed by atoms with Crippen molar-refractivity contribution in [3.63, 3.8) is 0 Å². The predicted molar refractivity (Wildman–Crippen MR) is 81.9 cm³/mol. The van der Waals surface area contributed by atoms with Gasteiger partial charge in [-0.1, -0.05) is 0 Å². The van der Waals surface area contributed by atoms with Crippen LogP contribution in [0.2, 0.25) is 0 Å². The molecular weight excluding hydrogens is 288 g/mol. The van der Waals surface area contributed by atoms with E-state index < -0.39 is 6.10 Å². The summed E-state index contributed by atoms with van der Waals surface area (Å²) in [4.78, 5) is 28.6. The van der Waals surface area contributed by atoms with E-state index >= 15 is 0 Å². The average molecular weight is 310 g/mol. The zero-order valence-corrected chi connectivity index (χ0v) is 12.9. The summed E-state index contributed by atoms with van der Waals surface area (Å²) in [6.07, 6.45) is 2.86. The van der Waals surface area contributed by atoms with Gasteiger partial charge >= 0.3 is 5.69 Å². The van der Waals surface area contributed by atoms with E-state index in [-0.39, 0.29) is 17.9 Å². The molecule has 122 valence electrons. The lowest BCUT2D eigenvalue weighted by Gasteiger charge is -2.09. The summed E-state index contributed by atoms with van der Waals surface area (Å²) in [5, 5.41) is 18.1. The highest BCUT2D eigenvalue weighted by Gasteiger charge is 2.15. The third kappa shape index (κ3) is 2.97. The maximum Gasteiger partial charge on any atom is 0.332 e. The molecule has 0 aromatic carbocycles. The molecule has 0 saturated carbocycles. The lowest BCUT2D eigenvalue weighted by atomic mass is 10.1. The first-order valence-electron chi connectivity index (χ1n) is 7.44. The fourth-order valence-corrected chi connectivity index (χ4v) is 2.52. The second kappa shape index (κ2) is 6.89. The van der Waals surface area contributed by atoms with Gasteiger partial charge in [-0.15, -0.1) is 0 Å². The molecule has 1 unspecified atom stereocenters. The number of hydrogen-bond acceptors (Lipinski definition) is 5. The number of aliphatic hydroxyl groups excluding tert-OH is 2. The van der Waals surface area contributed by atoms with Gasteiger partial charge in [0.1, 0.15) is 0 Å². The predicted octanol–water partition coefficient (Wildman–Crippen LogP) is -0.560. The number of aryl methyl sites for hydroxylation is 2. The Kier molecular flexibility index (Phi) is 5.15. The van der Waals surface area contributed by atoms with Crippen molar-refractivity contribution in [3.05, 3.63) is 27.2 Å². The molecule has 2 aromatic rings. The van der Waals surface area contributed by atoms with Gasteiger partial charge in [-0.2, -0.15) is 0 Å². The van der Waals surface area contributed by atoms with Crippen molar-refractivity contribution >= 4 is 11.2 Å². The Hall–Kier alpha value is -1.93. The van der Waals surface area contributed by atoms with Crippen LogP contribution in [0, 0.1) is 0 Å². The van der Waals surface area contributed by atoms with Gasteiger partial charge < -0.3 is 14.8 Å². The van der Waals surface area contributed by atoms with Gasteiger partial charge in [0.15, 0.2) is 11.2 Å². The molecule has 0 radical (unpaired) electrons. The maximum absolute atomic E-state index is 12.4. The van der Waals surface area contributed by atoms with Gasteiger partial charge in [0, 0.05) is 20.1 Å². The molecule has 2 rings (SSSR count). The van der Waals surface area contributed by atoms with Crippen LogP contribution in [-0.2, 0) is 20.1 Å². The Morgan fingerprint density at radius 2 is 2.05 bits per heavy atom. The van der Waals surface area contributed by atoms with E-state index in [1.807, 2.05) is 0 Å². The van der Waals surface area contributed by atoms with Crippen LogP contribution in [-0.4, -0.2) is 41.6 Å². The summed E-state index contributed by atoms with van der Waals surface area (Å²) in [5.41, 5.74) is 0.117. The molecule has 0 spiro atoms. The van der Waals surface area contributed by atoms with Crippen LogP contribution in [0.5, 0.6) is 0 Å². The van der Waals surface area contributed by atoms with E-state index in [2.05, 4.69) is 4.98 Å². The van der Waals surface area contributed by atoms with Crippen LogP contribution in [0.1, 0.15) is 26.2 Å². The second-order valence-electron chi connectivity index (χ2n) is 5.33. The molecule has 0 aliphatic heterocycles. The van der Waals surface area contributed by atoms with E-state index in [1.54, 1.807) is 24.9 Å². The van der Waals surface area contributed by atoms with Gasteiger partial charge in [-0.3, -0.25) is 13.9 Å². The molecule has 0 fully saturated rings. The number of nitrogens with zero attached hydrogens (tertiary/aromatic N) is 4. The largest absolute Gasteiger partial charge is 0.394 e. The number of hydrogen-bond donors (Lipinski definition) is 2. The van der Waals surface area contributed by atoms with Crippen LogP contribution >= 0.6 is 0 Å². The number of aliphatic hydroxyl groups is 2. The molecule has 0 saturated heterocycles.